The zero-order valence-corrected chi connectivity index (χ0v) is 22.4. The minimum absolute atomic E-state index is 0.0683. The van der Waals surface area contributed by atoms with Crippen molar-refractivity contribution in [1.29, 1.82) is 0 Å². The van der Waals surface area contributed by atoms with Crippen molar-refractivity contribution in [2.75, 3.05) is 19.6 Å². The largest absolute Gasteiger partial charge is 0.460 e. The average molecular weight is 530 g/mol. The Morgan fingerprint density at radius 1 is 1.00 bits per heavy atom. The Morgan fingerprint density at radius 2 is 1.72 bits per heavy atom. The third kappa shape index (κ3) is 5.91. The third-order valence-corrected chi connectivity index (χ3v) is 6.24. The van der Waals surface area contributed by atoms with E-state index in [2.05, 4.69) is 25.5 Å². The van der Waals surface area contributed by atoms with E-state index in [9.17, 15) is 9.59 Å². The summed E-state index contributed by atoms with van der Waals surface area (Å²) >= 11 is 0. The lowest BCUT2D eigenvalue weighted by Gasteiger charge is -2.38. The quantitative estimate of drug-likeness (QED) is 0.327. The number of esters is 1. The van der Waals surface area contributed by atoms with Crippen molar-refractivity contribution in [3.8, 4) is 34.3 Å². The third-order valence-electron chi connectivity index (χ3n) is 6.24. The number of carbonyl (C=O) groups excluding carboxylic acids is 2. The second kappa shape index (κ2) is 10.8. The first-order valence-electron chi connectivity index (χ1n) is 12.9. The molecule has 0 bridgehead atoms. The van der Waals surface area contributed by atoms with Gasteiger partial charge in [0, 0.05) is 37.3 Å². The van der Waals surface area contributed by atoms with Gasteiger partial charge in [-0.05, 0) is 33.3 Å². The molecular weight excluding hydrogens is 498 g/mol. The summed E-state index contributed by atoms with van der Waals surface area (Å²) in [5, 5.41) is 11.0. The van der Waals surface area contributed by atoms with Crippen LogP contribution in [0.15, 0.2) is 63.6 Å². The van der Waals surface area contributed by atoms with E-state index in [0.29, 0.717) is 31.2 Å². The standard InChI is InChI=1S/C29H31N5O5/c1-5-30-26(35)22-23(19-9-7-6-8-10-19)32-38-24(22)27-31-25(33-39-27)20-13-11-18(12-14-20)15-34-16-21(17-34)28(36)37-29(2,3)4/h6-14,21H,5,15-17H2,1-4H3,(H,30,35). The van der Waals surface area contributed by atoms with E-state index in [1.807, 2.05) is 82.3 Å². The van der Waals surface area contributed by atoms with Crippen molar-refractivity contribution in [3.63, 3.8) is 0 Å². The summed E-state index contributed by atoms with van der Waals surface area (Å²) in [7, 11) is 0. The van der Waals surface area contributed by atoms with E-state index in [1.165, 1.54) is 0 Å². The lowest BCUT2D eigenvalue weighted by molar-refractivity contribution is -0.166. The van der Waals surface area contributed by atoms with E-state index < -0.39 is 5.60 Å². The molecule has 5 rings (SSSR count). The van der Waals surface area contributed by atoms with Crippen molar-refractivity contribution in [2.24, 2.45) is 5.92 Å². The molecule has 2 aromatic heterocycles. The van der Waals surface area contributed by atoms with Crippen LogP contribution < -0.4 is 5.32 Å². The number of carbonyl (C=O) groups is 2. The number of hydrogen-bond donors (Lipinski definition) is 1. The first-order valence-corrected chi connectivity index (χ1v) is 12.9. The molecule has 0 spiro atoms. The Bertz CT molecular complexity index is 1450. The summed E-state index contributed by atoms with van der Waals surface area (Å²) in [6, 6.07) is 17.1. The number of nitrogens with one attached hydrogen (secondary N) is 1. The fraction of sp³-hybridized carbons (Fsp3) is 0.345. The Hall–Kier alpha value is -4.31. The molecule has 10 nitrogen and oxygen atoms in total. The molecule has 1 saturated heterocycles. The summed E-state index contributed by atoms with van der Waals surface area (Å²) in [5.41, 5.74) is 2.78. The van der Waals surface area contributed by atoms with Crippen LogP contribution >= 0.6 is 0 Å². The van der Waals surface area contributed by atoms with Gasteiger partial charge in [0.2, 0.25) is 11.6 Å². The van der Waals surface area contributed by atoms with Gasteiger partial charge < -0.3 is 19.1 Å². The first kappa shape index (κ1) is 26.3. The monoisotopic (exact) mass is 529 g/mol. The van der Waals surface area contributed by atoms with E-state index in [4.69, 9.17) is 13.8 Å². The van der Waals surface area contributed by atoms with Crippen molar-refractivity contribution >= 4 is 11.9 Å². The molecule has 1 aliphatic rings. The van der Waals surface area contributed by atoms with E-state index in [1.54, 1.807) is 0 Å². The van der Waals surface area contributed by atoms with Crippen LogP contribution in [0.25, 0.3) is 34.3 Å². The SMILES string of the molecule is CCNC(=O)c1c(-c2ccccc2)noc1-c1nc(-c2ccc(CN3CC(C(=O)OC(C)(C)C)C3)cc2)no1. The summed E-state index contributed by atoms with van der Waals surface area (Å²) in [5.74, 6) is -0.00286. The van der Waals surface area contributed by atoms with Gasteiger partial charge in [-0.3, -0.25) is 14.5 Å². The van der Waals surface area contributed by atoms with Gasteiger partial charge in [-0.25, -0.2) is 0 Å². The minimum Gasteiger partial charge on any atom is -0.460 e. The van der Waals surface area contributed by atoms with Gasteiger partial charge in [0.05, 0.1) is 5.92 Å². The van der Waals surface area contributed by atoms with Crippen LogP contribution in [0, 0.1) is 5.92 Å². The smallest absolute Gasteiger partial charge is 0.312 e. The highest BCUT2D eigenvalue weighted by molar-refractivity contribution is 6.04. The van der Waals surface area contributed by atoms with Gasteiger partial charge in [0.15, 0.2) is 0 Å². The molecule has 1 amide bonds. The van der Waals surface area contributed by atoms with Crippen LogP contribution in [0.4, 0.5) is 0 Å². The van der Waals surface area contributed by atoms with Gasteiger partial charge in [0.25, 0.3) is 11.8 Å². The summed E-state index contributed by atoms with van der Waals surface area (Å²) in [6.07, 6.45) is 0. The van der Waals surface area contributed by atoms with E-state index in [0.717, 1.165) is 23.2 Å². The van der Waals surface area contributed by atoms with Crippen molar-refractivity contribution < 1.29 is 23.4 Å². The zero-order chi connectivity index (χ0) is 27.6. The average Bonchev–Trinajstić information content (AvgIpc) is 3.53. The number of aromatic nitrogens is 3. The summed E-state index contributed by atoms with van der Waals surface area (Å²) < 4.78 is 16.5. The molecule has 0 saturated carbocycles. The van der Waals surface area contributed by atoms with Crippen LogP contribution in [-0.2, 0) is 16.1 Å². The summed E-state index contributed by atoms with van der Waals surface area (Å²) in [6.45, 7) is 10.0. The normalized spacial score (nSPS) is 14.2. The predicted molar refractivity (Wildman–Crippen MR) is 143 cm³/mol. The molecule has 4 aromatic rings. The van der Waals surface area contributed by atoms with Gasteiger partial charge in [-0.15, -0.1) is 0 Å². The lowest BCUT2D eigenvalue weighted by Crippen LogP contribution is -2.51. The molecule has 0 atom stereocenters. The second-order valence-electron chi connectivity index (χ2n) is 10.5. The number of amides is 1. The van der Waals surface area contributed by atoms with Crippen LogP contribution in [0.2, 0.25) is 0 Å². The molecule has 3 heterocycles. The Labute approximate surface area is 226 Å². The molecule has 1 aliphatic heterocycles. The highest BCUT2D eigenvalue weighted by Crippen LogP contribution is 2.32. The number of hydrogen-bond acceptors (Lipinski definition) is 9. The van der Waals surface area contributed by atoms with Crippen LogP contribution in [0.1, 0.15) is 43.6 Å². The molecule has 202 valence electrons. The number of rotatable bonds is 8. The van der Waals surface area contributed by atoms with Crippen molar-refractivity contribution in [1.82, 2.24) is 25.5 Å². The van der Waals surface area contributed by atoms with Crippen LogP contribution in [-0.4, -0.2) is 57.3 Å². The molecular formula is C29H31N5O5. The molecule has 1 fully saturated rings. The topological polar surface area (TPSA) is 124 Å². The van der Waals surface area contributed by atoms with Crippen molar-refractivity contribution in [2.45, 2.75) is 39.8 Å². The van der Waals surface area contributed by atoms with Crippen LogP contribution in [0.3, 0.4) is 0 Å². The van der Waals surface area contributed by atoms with Gasteiger partial charge >= 0.3 is 5.97 Å². The maximum Gasteiger partial charge on any atom is 0.312 e. The fourth-order valence-corrected chi connectivity index (χ4v) is 4.37. The maximum absolute atomic E-state index is 12.9. The predicted octanol–water partition coefficient (Wildman–Crippen LogP) is 4.58. The highest BCUT2D eigenvalue weighted by atomic mass is 16.6. The van der Waals surface area contributed by atoms with Gasteiger partial charge in [-0.2, -0.15) is 4.98 Å². The lowest BCUT2D eigenvalue weighted by atomic mass is 9.98. The van der Waals surface area contributed by atoms with Crippen molar-refractivity contribution in [3.05, 3.63) is 65.7 Å². The maximum atomic E-state index is 12.9. The first-order chi connectivity index (χ1) is 18.7. The molecule has 39 heavy (non-hydrogen) atoms. The molecule has 0 radical (unpaired) electrons. The number of likely N-dealkylation sites (tertiary alicyclic amines) is 1. The Kier molecular flexibility index (Phi) is 7.30. The summed E-state index contributed by atoms with van der Waals surface area (Å²) in [4.78, 5) is 31.8. The number of benzene rings is 2. The van der Waals surface area contributed by atoms with E-state index >= 15 is 0 Å². The van der Waals surface area contributed by atoms with E-state index in [-0.39, 0.29) is 35.0 Å². The van der Waals surface area contributed by atoms with Gasteiger partial charge in [0.1, 0.15) is 16.9 Å². The Balaban J connectivity index is 1.28. The molecule has 0 aliphatic carbocycles. The second-order valence-corrected chi connectivity index (χ2v) is 10.5. The van der Waals surface area contributed by atoms with Gasteiger partial charge in [-0.1, -0.05) is 64.9 Å². The fourth-order valence-electron chi connectivity index (χ4n) is 4.37. The minimum atomic E-state index is -0.469. The number of ether oxygens (including phenoxy) is 1. The highest BCUT2D eigenvalue weighted by Gasteiger charge is 2.35. The molecule has 2 aromatic carbocycles. The van der Waals surface area contributed by atoms with Crippen LogP contribution in [0.5, 0.6) is 0 Å². The Morgan fingerprint density at radius 3 is 2.38 bits per heavy atom. The number of nitrogens with zero attached hydrogens (tertiary/aromatic N) is 4. The molecule has 10 heteroatoms. The molecule has 0 unspecified atom stereocenters. The zero-order valence-electron chi connectivity index (χ0n) is 22.4. The molecule has 1 N–H and O–H groups in total.